The molecule has 0 aliphatic carbocycles. The van der Waals surface area contributed by atoms with Crippen LogP contribution in [-0.4, -0.2) is 39.0 Å². The monoisotopic (exact) mass is 402 g/mol. The lowest BCUT2D eigenvalue weighted by atomic mass is 9.97. The lowest BCUT2D eigenvalue weighted by molar-refractivity contribution is 0.131. The normalized spacial score (nSPS) is 15.4. The number of nitrogens with one attached hydrogen (secondary N) is 1. The zero-order valence-corrected chi connectivity index (χ0v) is 16.8. The Kier molecular flexibility index (Phi) is 6.70. The van der Waals surface area contributed by atoms with Gasteiger partial charge in [-0.15, -0.1) is 0 Å². The van der Waals surface area contributed by atoms with Crippen molar-refractivity contribution in [1.29, 1.82) is 0 Å². The fourth-order valence-electron chi connectivity index (χ4n) is 3.19. The van der Waals surface area contributed by atoms with E-state index in [2.05, 4.69) is 4.72 Å². The Hall–Kier alpha value is -2.38. The van der Waals surface area contributed by atoms with Gasteiger partial charge in [0.25, 0.3) is 0 Å². The third-order valence-corrected chi connectivity index (χ3v) is 6.46. The summed E-state index contributed by atoms with van der Waals surface area (Å²) in [6.07, 6.45) is 1.99. The Bertz CT molecular complexity index is 874. The molecule has 3 rings (SSSR count). The molecule has 0 saturated carbocycles. The summed E-state index contributed by atoms with van der Waals surface area (Å²) in [5.41, 5.74) is 1.11. The van der Waals surface area contributed by atoms with Crippen molar-refractivity contribution in [3.63, 3.8) is 0 Å². The summed E-state index contributed by atoms with van der Waals surface area (Å²) in [6, 6.07) is 15.9. The molecule has 0 atom stereocenters. The SMILES string of the molecule is CCc1ccc(S(=O)(=O)NCC2CCN(C(=O)Oc3ccccc3)CC2)cc1. The van der Waals surface area contributed by atoms with E-state index < -0.39 is 10.0 Å². The molecular formula is C21H26N2O4S. The molecule has 1 aliphatic heterocycles. The van der Waals surface area contributed by atoms with E-state index in [-0.39, 0.29) is 16.9 Å². The van der Waals surface area contributed by atoms with Crippen molar-refractivity contribution in [3.8, 4) is 5.75 Å². The summed E-state index contributed by atoms with van der Waals surface area (Å²) in [5, 5.41) is 0. The molecule has 0 radical (unpaired) electrons. The van der Waals surface area contributed by atoms with E-state index in [1.165, 1.54) is 0 Å². The first-order chi connectivity index (χ1) is 13.5. The maximum Gasteiger partial charge on any atom is 0.415 e. The van der Waals surface area contributed by atoms with Crippen molar-refractivity contribution in [2.75, 3.05) is 19.6 Å². The molecule has 1 saturated heterocycles. The van der Waals surface area contributed by atoms with Crippen LogP contribution >= 0.6 is 0 Å². The van der Waals surface area contributed by atoms with Gasteiger partial charge in [0.15, 0.2) is 0 Å². The number of carbonyl (C=O) groups excluding carboxylic acids is 1. The predicted molar refractivity (Wildman–Crippen MR) is 108 cm³/mol. The summed E-state index contributed by atoms with van der Waals surface area (Å²) in [7, 11) is -3.51. The minimum Gasteiger partial charge on any atom is -0.410 e. The average molecular weight is 403 g/mol. The summed E-state index contributed by atoms with van der Waals surface area (Å²) < 4.78 is 33.0. The smallest absolute Gasteiger partial charge is 0.410 e. The van der Waals surface area contributed by atoms with Gasteiger partial charge in [-0.05, 0) is 55.0 Å². The number of para-hydroxylation sites is 1. The number of nitrogens with zero attached hydrogens (tertiary/aromatic N) is 1. The Morgan fingerprint density at radius 1 is 1.07 bits per heavy atom. The first-order valence-corrected chi connectivity index (χ1v) is 11.1. The van der Waals surface area contributed by atoms with Gasteiger partial charge in [0.05, 0.1) is 4.90 Å². The molecule has 0 bridgehead atoms. The van der Waals surface area contributed by atoms with Crippen LogP contribution in [0.3, 0.4) is 0 Å². The number of piperidine rings is 1. The van der Waals surface area contributed by atoms with Gasteiger partial charge in [-0.3, -0.25) is 0 Å². The number of amides is 1. The Balaban J connectivity index is 1.46. The zero-order valence-electron chi connectivity index (χ0n) is 16.0. The largest absolute Gasteiger partial charge is 0.415 e. The minimum absolute atomic E-state index is 0.200. The van der Waals surface area contributed by atoms with Crippen LogP contribution in [0.2, 0.25) is 0 Å². The van der Waals surface area contributed by atoms with Crippen LogP contribution < -0.4 is 9.46 Å². The molecule has 1 amide bonds. The first kappa shape index (κ1) is 20.4. The van der Waals surface area contributed by atoms with Crippen LogP contribution in [0.4, 0.5) is 4.79 Å². The molecule has 150 valence electrons. The maximum absolute atomic E-state index is 12.5. The lowest BCUT2D eigenvalue weighted by Gasteiger charge is -2.31. The summed E-state index contributed by atoms with van der Waals surface area (Å²) >= 11 is 0. The molecule has 0 spiro atoms. The zero-order chi connectivity index (χ0) is 20.0. The van der Waals surface area contributed by atoms with Gasteiger partial charge in [0.2, 0.25) is 10.0 Å². The molecule has 7 heteroatoms. The standard InChI is InChI=1S/C21H26N2O4S/c1-2-17-8-10-20(11-9-17)28(25,26)22-16-18-12-14-23(15-13-18)21(24)27-19-6-4-3-5-7-19/h3-11,18,22H,2,12-16H2,1H3. The van der Waals surface area contributed by atoms with E-state index in [0.29, 0.717) is 25.4 Å². The number of ether oxygens (including phenoxy) is 1. The third-order valence-electron chi connectivity index (χ3n) is 5.03. The number of likely N-dealkylation sites (tertiary alicyclic amines) is 1. The van der Waals surface area contributed by atoms with Gasteiger partial charge in [-0.25, -0.2) is 17.9 Å². The highest BCUT2D eigenvalue weighted by atomic mass is 32.2. The summed E-state index contributed by atoms with van der Waals surface area (Å²) in [5.74, 6) is 0.724. The molecule has 1 aliphatic rings. The second kappa shape index (κ2) is 9.21. The number of hydrogen-bond acceptors (Lipinski definition) is 4. The van der Waals surface area contributed by atoms with E-state index in [1.807, 2.05) is 37.3 Å². The highest BCUT2D eigenvalue weighted by molar-refractivity contribution is 7.89. The van der Waals surface area contributed by atoms with Crippen LogP contribution in [-0.2, 0) is 16.4 Å². The number of hydrogen-bond donors (Lipinski definition) is 1. The molecule has 6 nitrogen and oxygen atoms in total. The molecular weight excluding hydrogens is 376 g/mol. The van der Waals surface area contributed by atoms with Gasteiger partial charge in [-0.2, -0.15) is 0 Å². The maximum atomic E-state index is 12.5. The number of carbonyl (C=O) groups is 1. The number of aryl methyl sites for hydroxylation is 1. The number of benzene rings is 2. The van der Waals surface area contributed by atoms with Crippen LogP contribution in [0.25, 0.3) is 0 Å². The topological polar surface area (TPSA) is 75.7 Å². The quantitative estimate of drug-likeness (QED) is 0.803. The van der Waals surface area contributed by atoms with Crippen molar-refractivity contribution >= 4 is 16.1 Å². The van der Waals surface area contributed by atoms with E-state index in [4.69, 9.17) is 4.74 Å². The summed E-state index contributed by atoms with van der Waals surface area (Å²) in [4.78, 5) is 14.2. The van der Waals surface area contributed by atoms with Crippen molar-refractivity contribution in [1.82, 2.24) is 9.62 Å². The minimum atomic E-state index is -3.51. The molecule has 2 aromatic carbocycles. The van der Waals surface area contributed by atoms with Crippen LogP contribution in [0.5, 0.6) is 5.75 Å². The lowest BCUT2D eigenvalue weighted by Crippen LogP contribution is -2.42. The molecule has 28 heavy (non-hydrogen) atoms. The van der Waals surface area contributed by atoms with Gasteiger partial charge in [0.1, 0.15) is 5.75 Å². The van der Waals surface area contributed by atoms with Gasteiger partial charge >= 0.3 is 6.09 Å². The molecule has 0 unspecified atom stereocenters. The molecule has 2 aromatic rings. The fraction of sp³-hybridized carbons (Fsp3) is 0.381. The van der Waals surface area contributed by atoms with E-state index in [0.717, 1.165) is 24.8 Å². The van der Waals surface area contributed by atoms with Gasteiger partial charge in [0, 0.05) is 19.6 Å². The second-order valence-corrected chi connectivity index (χ2v) is 8.73. The Morgan fingerprint density at radius 3 is 2.32 bits per heavy atom. The van der Waals surface area contributed by atoms with Gasteiger partial charge < -0.3 is 9.64 Å². The Morgan fingerprint density at radius 2 is 1.71 bits per heavy atom. The van der Waals surface area contributed by atoms with E-state index in [1.54, 1.807) is 29.2 Å². The molecule has 1 fully saturated rings. The predicted octanol–water partition coefficient (Wildman–Crippen LogP) is 3.44. The Labute approximate surface area is 166 Å². The van der Waals surface area contributed by atoms with Crippen molar-refractivity contribution in [3.05, 3.63) is 60.2 Å². The van der Waals surface area contributed by atoms with E-state index in [9.17, 15) is 13.2 Å². The first-order valence-electron chi connectivity index (χ1n) is 9.58. The highest BCUT2D eigenvalue weighted by Gasteiger charge is 2.25. The fourth-order valence-corrected chi connectivity index (χ4v) is 4.30. The number of rotatable bonds is 6. The molecule has 0 aromatic heterocycles. The van der Waals surface area contributed by atoms with Crippen LogP contribution in [0.1, 0.15) is 25.3 Å². The van der Waals surface area contributed by atoms with Crippen molar-refractivity contribution in [2.45, 2.75) is 31.1 Å². The van der Waals surface area contributed by atoms with Crippen LogP contribution in [0, 0.1) is 5.92 Å². The molecule has 1 heterocycles. The van der Waals surface area contributed by atoms with Crippen molar-refractivity contribution in [2.24, 2.45) is 5.92 Å². The second-order valence-electron chi connectivity index (χ2n) is 6.96. The van der Waals surface area contributed by atoms with Crippen molar-refractivity contribution < 1.29 is 17.9 Å². The average Bonchev–Trinajstić information content (AvgIpc) is 2.73. The number of sulfonamides is 1. The summed E-state index contributed by atoms with van der Waals surface area (Å²) in [6.45, 7) is 3.52. The van der Waals surface area contributed by atoms with Gasteiger partial charge in [-0.1, -0.05) is 37.3 Å². The van der Waals surface area contributed by atoms with Crippen LogP contribution in [0.15, 0.2) is 59.5 Å². The highest BCUT2D eigenvalue weighted by Crippen LogP contribution is 2.19. The molecule has 1 N–H and O–H groups in total. The van der Waals surface area contributed by atoms with E-state index >= 15 is 0 Å². The third kappa shape index (κ3) is 5.33.